The molecule has 2 heterocycles. The quantitative estimate of drug-likeness (QED) is 0.695. The van der Waals surface area contributed by atoms with E-state index in [4.69, 9.17) is 16.6 Å². The van der Waals surface area contributed by atoms with Gasteiger partial charge in [-0.1, -0.05) is 19.1 Å². The molecule has 0 amide bonds. The molecule has 3 N–H and O–H groups in total. The topological polar surface area (TPSA) is 41.6 Å². The van der Waals surface area contributed by atoms with Gasteiger partial charge in [-0.15, -0.1) is 0 Å². The normalized spacial score (nSPS) is 16.4. The van der Waals surface area contributed by atoms with Gasteiger partial charge in [-0.2, -0.15) is 0 Å². The second kappa shape index (κ2) is 9.02. The van der Waals surface area contributed by atoms with Crippen LogP contribution in [0.3, 0.4) is 0 Å². The number of anilines is 1. The third-order valence-corrected chi connectivity index (χ3v) is 5.21. The molecule has 5 heteroatoms. The molecule has 1 aliphatic rings. The highest BCUT2D eigenvalue weighted by molar-refractivity contribution is 7.80. The third kappa shape index (κ3) is 5.06. The molecule has 0 unspecified atom stereocenters. The van der Waals surface area contributed by atoms with Crippen LogP contribution < -0.4 is 15.5 Å². The van der Waals surface area contributed by atoms with Crippen molar-refractivity contribution in [2.24, 2.45) is 0 Å². The molecule has 134 valence electrons. The maximum atomic E-state index is 5.70. The molecule has 0 bridgehead atoms. The van der Waals surface area contributed by atoms with E-state index < -0.39 is 0 Å². The summed E-state index contributed by atoms with van der Waals surface area (Å²) in [6.07, 6.45) is 6.73. The molecule has 1 saturated heterocycles. The van der Waals surface area contributed by atoms with Crippen LogP contribution in [0.25, 0.3) is 0 Å². The highest BCUT2D eigenvalue weighted by atomic mass is 32.1. The monoisotopic (exact) mass is 358 g/mol. The fourth-order valence-corrected chi connectivity index (χ4v) is 3.69. The van der Waals surface area contributed by atoms with Gasteiger partial charge in [0.25, 0.3) is 0 Å². The zero-order valence-corrected chi connectivity index (χ0v) is 15.7. The zero-order valence-electron chi connectivity index (χ0n) is 14.9. The number of thiocarbonyl (C=S) groups is 1. The number of furan rings is 1. The Morgan fingerprint density at radius 1 is 1.16 bits per heavy atom. The number of aryl methyl sites for hydroxylation is 1. The van der Waals surface area contributed by atoms with Crippen molar-refractivity contribution in [3.8, 4) is 0 Å². The first-order valence-electron chi connectivity index (χ1n) is 9.28. The lowest BCUT2D eigenvalue weighted by molar-refractivity contribution is -0.936. The average molecular weight is 359 g/mol. The van der Waals surface area contributed by atoms with Gasteiger partial charge in [0, 0.05) is 5.69 Å². The summed E-state index contributed by atoms with van der Waals surface area (Å²) in [6, 6.07) is 12.8. The molecular weight excluding hydrogens is 330 g/mol. The van der Waals surface area contributed by atoms with Crippen molar-refractivity contribution in [2.45, 2.75) is 38.6 Å². The van der Waals surface area contributed by atoms with E-state index in [-0.39, 0.29) is 0 Å². The first-order valence-corrected chi connectivity index (χ1v) is 9.69. The van der Waals surface area contributed by atoms with Crippen LogP contribution in [0.5, 0.6) is 0 Å². The summed E-state index contributed by atoms with van der Waals surface area (Å²) >= 11 is 5.48. The van der Waals surface area contributed by atoms with Gasteiger partial charge in [0.2, 0.25) is 0 Å². The molecule has 1 aromatic carbocycles. The lowest BCUT2D eigenvalue weighted by Crippen LogP contribution is -3.13. The van der Waals surface area contributed by atoms with Crippen molar-refractivity contribution in [2.75, 3.05) is 25.0 Å². The Balaban J connectivity index is 1.57. The first kappa shape index (κ1) is 18.0. The molecule has 1 aromatic heterocycles. The van der Waals surface area contributed by atoms with Gasteiger partial charge in [-0.05, 0) is 67.7 Å². The van der Waals surface area contributed by atoms with Gasteiger partial charge < -0.3 is 20.0 Å². The van der Waals surface area contributed by atoms with Crippen LogP contribution in [0, 0.1) is 0 Å². The van der Waals surface area contributed by atoms with Crippen LogP contribution in [0.2, 0.25) is 0 Å². The molecule has 2 aromatic rings. The zero-order chi connectivity index (χ0) is 17.5. The van der Waals surface area contributed by atoms with E-state index in [0.717, 1.165) is 24.4 Å². The number of benzene rings is 1. The Hall–Kier alpha value is -1.85. The Bertz CT molecular complexity index is 648. The van der Waals surface area contributed by atoms with Crippen LogP contribution in [0.15, 0.2) is 47.1 Å². The van der Waals surface area contributed by atoms with Crippen molar-refractivity contribution in [1.82, 2.24) is 5.32 Å². The molecule has 1 aliphatic heterocycles. The molecule has 25 heavy (non-hydrogen) atoms. The van der Waals surface area contributed by atoms with E-state index >= 15 is 0 Å². The second-order valence-electron chi connectivity index (χ2n) is 6.67. The molecule has 0 saturated carbocycles. The fraction of sp³-hybridized carbons (Fsp3) is 0.450. The van der Waals surface area contributed by atoms with Gasteiger partial charge in [0.05, 0.1) is 25.9 Å². The summed E-state index contributed by atoms with van der Waals surface area (Å²) in [5, 5.41) is 7.33. The van der Waals surface area contributed by atoms with Crippen molar-refractivity contribution in [1.29, 1.82) is 0 Å². The fourth-order valence-electron chi connectivity index (χ4n) is 3.48. The largest absolute Gasteiger partial charge is 0.463 e. The maximum Gasteiger partial charge on any atom is 0.171 e. The first-order chi connectivity index (χ1) is 12.3. The van der Waals surface area contributed by atoms with Crippen LogP contribution in [-0.2, 0) is 6.42 Å². The SMILES string of the molecule is CCc1ccc(NC(=S)NC[C@@H](c2ccco2)[NH+]2CCCCC2)cc1. The van der Waals surface area contributed by atoms with Gasteiger partial charge >= 0.3 is 0 Å². The van der Waals surface area contributed by atoms with Crippen molar-refractivity contribution in [3.05, 3.63) is 54.0 Å². The van der Waals surface area contributed by atoms with Crippen LogP contribution in [-0.4, -0.2) is 24.7 Å². The van der Waals surface area contributed by atoms with E-state index in [1.807, 2.05) is 6.07 Å². The summed E-state index contributed by atoms with van der Waals surface area (Å²) in [7, 11) is 0. The van der Waals surface area contributed by atoms with Gasteiger partial charge in [-0.3, -0.25) is 0 Å². The minimum absolute atomic E-state index is 0.303. The predicted molar refractivity (Wildman–Crippen MR) is 106 cm³/mol. The van der Waals surface area contributed by atoms with E-state index in [1.165, 1.54) is 37.9 Å². The lowest BCUT2D eigenvalue weighted by atomic mass is 10.1. The number of hydrogen-bond donors (Lipinski definition) is 3. The smallest absolute Gasteiger partial charge is 0.171 e. The highest BCUT2D eigenvalue weighted by Gasteiger charge is 2.28. The number of piperidine rings is 1. The van der Waals surface area contributed by atoms with Crippen molar-refractivity contribution >= 4 is 23.0 Å². The molecule has 1 atom stereocenters. The molecule has 0 aliphatic carbocycles. The van der Waals surface area contributed by atoms with Crippen LogP contribution in [0.1, 0.15) is 43.6 Å². The molecule has 0 spiro atoms. The van der Waals surface area contributed by atoms with Crippen LogP contribution >= 0.6 is 12.2 Å². The summed E-state index contributed by atoms with van der Waals surface area (Å²) < 4.78 is 5.70. The van der Waals surface area contributed by atoms with E-state index in [2.05, 4.69) is 47.9 Å². The summed E-state index contributed by atoms with van der Waals surface area (Å²) in [5.74, 6) is 1.04. The summed E-state index contributed by atoms with van der Waals surface area (Å²) in [6.45, 7) is 5.34. The van der Waals surface area contributed by atoms with E-state index in [1.54, 1.807) is 11.2 Å². The Morgan fingerprint density at radius 2 is 1.92 bits per heavy atom. The summed E-state index contributed by atoms with van der Waals surface area (Å²) in [4.78, 5) is 1.59. The Kier molecular flexibility index (Phi) is 6.48. The second-order valence-corrected chi connectivity index (χ2v) is 7.08. The number of nitrogens with one attached hydrogen (secondary N) is 3. The Labute approximate surface area is 155 Å². The minimum atomic E-state index is 0.303. The van der Waals surface area contributed by atoms with Crippen LogP contribution in [0.4, 0.5) is 5.69 Å². The number of quaternary nitrogens is 1. The maximum absolute atomic E-state index is 5.70. The predicted octanol–water partition coefficient (Wildman–Crippen LogP) is 2.94. The number of rotatable bonds is 6. The van der Waals surface area contributed by atoms with Crippen molar-refractivity contribution in [3.63, 3.8) is 0 Å². The van der Waals surface area contributed by atoms with Crippen molar-refractivity contribution < 1.29 is 9.32 Å². The van der Waals surface area contributed by atoms with Gasteiger partial charge in [-0.25, -0.2) is 0 Å². The molecular formula is C20H28N3OS+. The van der Waals surface area contributed by atoms with Gasteiger partial charge in [0.15, 0.2) is 16.9 Å². The van der Waals surface area contributed by atoms with Gasteiger partial charge in [0.1, 0.15) is 0 Å². The molecule has 3 rings (SSSR count). The number of hydrogen-bond acceptors (Lipinski definition) is 2. The standard InChI is InChI=1S/C20H27N3OS/c1-2-16-8-10-17(11-9-16)22-20(25)21-15-18(19-7-6-14-24-19)23-12-4-3-5-13-23/h6-11,14,18H,2-5,12-13,15H2,1H3,(H2,21,22,25)/p+1/t18-/m0/s1. The summed E-state index contributed by atoms with van der Waals surface area (Å²) in [5.41, 5.74) is 2.35. The highest BCUT2D eigenvalue weighted by Crippen LogP contribution is 2.12. The average Bonchev–Trinajstić information content (AvgIpc) is 3.18. The van der Waals surface area contributed by atoms with E-state index in [0.29, 0.717) is 11.2 Å². The van der Waals surface area contributed by atoms with E-state index in [9.17, 15) is 0 Å². The Morgan fingerprint density at radius 3 is 2.56 bits per heavy atom. The lowest BCUT2D eigenvalue weighted by Gasteiger charge is -2.30. The molecule has 0 radical (unpaired) electrons. The molecule has 4 nitrogen and oxygen atoms in total. The number of likely N-dealkylation sites (tertiary alicyclic amines) is 1. The molecule has 1 fully saturated rings. The minimum Gasteiger partial charge on any atom is -0.463 e. The third-order valence-electron chi connectivity index (χ3n) is 4.96.